The molecule has 1 rings (SSSR count). The van der Waals surface area contributed by atoms with Crippen molar-refractivity contribution in [2.24, 2.45) is 5.92 Å². The molecule has 1 aromatic heterocycles. The molecule has 0 aliphatic carbocycles. The van der Waals surface area contributed by atoms with Gasteiger partial charge >= 0.3 is 5.97 Å². The third-order valence-electron chi connectivity index (χ3n) is 2.58. The Kier molecular flexibility index (Phi) is 7.25. The van der Waals surface area contributed by atoms with Crippen LogP contribution >= 0.6 is 11.3 Å². The Hall–Kier alpha value is -1.40. The molecule has 0 aliphatic rings. The first-order valence-electron chi connectivity index (χ1n) is 6.74. The molecule has 0 atom stereocenters. The Morgan fingerprint density at radius 3 is 2.65 bits per heavy atom. The number of thiophene rings is 1. The number of amides is 1. The van der Waals surface area contributed by atoms with Gasteiger partial charge < -0.3 is 15.7 Å². The van der Waals surface area contributed by atoms with Gasteiger partial charge in [0.2, 0.25) is 5.91 Å². The van der Waals surface area contributed by atoms with Gasteiger partial charge in [-0.3, -0.25) is 9.59 Å². The second-order valence-electron chi connectivity index (χ2n) is 5.06. The molecule has 6 heteroatoms. The average Bonchev–Trinajstić information content (AvgIpc) is 2.79. The standard InChI is InChI=1S/C14H22N2O3S/c1-10(2)8-16-13(17)5-6-15-9-12-4-3-11(20-12)7-14(18)19/h3-4,10,15H,5-9H2,1-2H3,(H,16,17)(H,18,19). The summed E-state index contributed by atoms with van der Waals surface area (Å²) in [6.07, 6.45) is 0.530. The molecule has 0 radical (unpaired) electrons. The quantitative estimate of drug-likeness (QED) is 0.605. The summed E-state index contributed by atoms with van der Waals surface area (Å²) in [5.74, 6) is -0.289. The third-order valence-corrected chi connectivity index (χ3v) is 3.66. The van der Waals surface area contributed by atoms with E-state index in [1.54, 1.807) is 0 Å². The zero-order valence-corrected chi connectivity index (χ0v) is 12.8. The van der Waals surface area contributed by atoms with Gasteiger partial charge in [-0.2, -0.15) is 0 Å². The molecular weight excluding hydrogens is 276 g/mol. The second-order valence-corrected chi connectivity index (χ2v) is 6.32. The SMILES string of the molecule is CC(C)CNC(=O)CCNCc1ccc(CC(=O)O)s1. The Morgan fingerprint density at radius 2 is 2.00 bits per heavy atom. The minimum Gasteiger partial charge on any atom is -0.481 e. The van der Waals surface area contributed by atoms with Crippen molar-refractivity contribution < 1.29 is 14.7 Å². The Balaban J connectivity index is 2.16. The first kappa shape index (κ1) is 16.7. The van der Waals surface area contributed by atoms with E-state index in [0.29, 0.717) is 32.0 Å². The van der Waals surface area contributed by atoms with Gasteiger partial charge in [-0.15, -0.1) is 11.3 Å². The number of hydrogen-bond donors (Lipinski definition) is 3. The number of hydrogen-bond acceptors (Lipinski definition) is 4. The van der Waals surface area contributed by atoms with Gasteiger partial charge in [-0.1, -0.05) is 13.8 Å². The summed E-state index contributed by atoms with van der Waals surface area (Å²) in [6, 6.07) is 3.76. The first-order chi connectivity index (χ1) is 9.47. The van der Waals surface area contributed by atoms with Crippen molar-refractivity contribution in [3.8, 4) is 0 Å². The van der Waals surface area contributed by atoms with Crippen LogP contribution < -0.4 is 10.6 Å². The number of carbonyl (C=O) groups excluding carboxylic acids is 1. The van der Waals surface area contributed by atoms with E-state index in [4.69, 9.17) is 5.11 Å². The highest BCUT2D eigenvalue weighted by molar-refractivity contribution is 7.12. The molecule has 0 spiro atoms. The Labute approximate surface area is 123 Å². The van der Waals surface area contributed by atoms with Crippen LogP contribution in [0.4, 0.5) is 0 Å². The number of carbonyl (C=O) groups is 2. The summed E-state index contributed by atoms with van der Waals surface area (Å²) >= 11 is 1.49. The molecule has 5 nitrogen and oxygen atoms in total. The highest BCUT2D eigenvalue weighted by Gasteiger charge is 2.05. The van der Waals surface area contributed by atoms with Crippen LogP contribution in [0, 0.1) is 5.92 Å². The molecule has 0 aliphatic heterocycles. The molecular formula is C14H22N2O3S. The van der Waals surface area contributed by atoms with E-state index < -0.39 is 5.97 Å². The fraction of sp³-hybridized carbons (Fsp3) is 0.571. The van der Waals surface area contributed by atoms with Crippen molar-refractivity contribution in [1.29, 1.82) is 0 Å². The van der Waals surface area contributed by atoms with Crippen LogP contribution in [0.3, 0.4) is 0 Å². The van der Waals surface area contributed by atoms with E-state index in [2.05, 4.69) is 24.5 Å². The van der Waals surface area contributed by atoms with Crippen molar-refractivity contribution in [1.82, 2.24) is 10.6 Å². The molecule has 1 amide bonds. The Morgan fingerprint density at radius 1 is 1.30 bits per heavy atom. The van der Waals surface area contributed by atoms with Gasteiger partial charge in [0.05, 0.1) is 6.42 Å². The molecule has 0 saturated heterocycles. The average molecular weight is 298 g/mol. The number of rotatable bonds is 9. The fourth-order valence-electron chi connectivity index (χ4n) is 1.58. The van der Waals surface area contributed by atoms with E-state index in [1.807, 2.05) is 12.1 Å². The van der Waals surface area contributed by atoms with Gasteiger partial charge in [0.15, 0.2) is 0 Å². The van der Waals surface area contributed by atoms with Crippen LogP contribution in [-0.4, -0.2) is 30.1 Å². The summed E-state index contributed by atoms with van der Waals surface area (Å²) in [4.78, 5) is 24.0. The smallest absolute Gasteiger partial charge is 0.308 e. The van der Waals surface area contributed by atoms with E-state index >= 15 is 0 Å². The number of carboxylic acid groups (broad SMARTS) is 1. The van der Waals surface area contributed by atoms with Crippen molar-refractivity contribution in [2.45, 2.75) is 33.2 Å². The van der Waals surface area contributed by atoms with Crippen LogP contribution in [0.25, 0.3) is 0 Å². The molecule has 0 bridgehead atoms. The van der Waals surface area contributed by atoms with Crippen LogP contribution in [0.1, 0.15) is 30.0 Å². The van der Waals surface area contributed by atoms with Crippen LogP contribution in [0.15, 0.2) is 12.1 Å². The zero-order chi connectivity index (χ0) is 15.0. The predicted molar refractivity (Wildman–Crippen MR) is 79.8 cm³/mol. The second kappa shape index (κ2) is 8.71. The molecule has 0 saturated carbocycles. The molecule has 0 unspecified atom stereocenters. The minimum atomic E-state index is -0.812. The first-order valence-corrected chi connectivity index (χ1v) is 7.56. The van der Waals surface area contributed by atoms with Gasteiger partial charge in [-0.25, -0.2) is 0 Å². The van der Waals surface area contributed by atoms with E-state index in [-0.39, 0.29) is 12.3 Å². The lowest BCUT2D eigenvalue weighted by molar-refractivity contribution is -0.136. The topological polar surface area (TPSA) is 78.4 Å². The molecule has 0 aromatic carbocycles. The van der Waals surface area contributed by atoms with Crippen LogP contribution in [0.5, 0.6) is 0 Å². The molecule has 1 heterocycles. The Bertz CT molecular complexity index is 443. The van der Waals surface area contributed by atoms with Crippen molar-refractivity contribution in [3.05, 3.63) is 21.9 Å². The maximum absolute atomic E-state index is 11.5. The van der Waals surface area contributed by atoms with Gasteiger partial charge in [0.1, 0.15) is 0 Å². The van der Waals surface area contributed by atoms with Gasteiger partial charge in [0, 0.05) is 35.8 Å². The lowest BCUT2D eigenvalue weighted by Gasteiger charge is -2.07. The summed E-state index contributed by atoms with van der Waals surface area (Å²) in [7, 11) is 0. The lowest BCUT2D eigenvalue weighted by Crippen LogP contribution is -2.30. The largest absolute Gasteiger partial charge is 0.481 e. The van der Waals surface area contributed by atoms with Crippen molar-refractivity contribution in [3.63, 3.8) is 0 Å². The van der Waals surface area contributed by atoms with Crippen molar-refractivity contribution in [2.75, 3.05) is 13.1 Å². The minimum absolute atomic E-state index is 0.0592. The predicted octanol–water partition coefficient (Wildman–Crippen LogP) is 1.63. The number of nitrogens with one attached hydrogen (secondary N) is 2. The highest BCUT2D eigenvalue weighted by Crippen LogP contribution is 2.16. The van der Waals surface area contributed by atoms with Gasteiger partial charge in [-0.05, 0) is 18.1 Å². The molecule has 20 heavy (non-hydrogen) atoms. The van der Waals surface area contributed by atoms with Gasteiger partial charge in [0.25, 0.3) is 0 Å². The number of aliphatic carboxylic acids is 1. The maximum atomic E-state index is 11.5. The summed E-state index contributed by atoms with van der Waals surface area (Å²) in [6.45, 7) is 6.12. The van der Waals surface area contributed by atoms with Crippen molar-refractivity contribution >= 4 is 23.2 Å². The van der Waals surface area contributed by atoms with E-state index in [9.17, 15) is 9.59 Å². The molecule has 0 fully saturated rings. The number of carboxylic acids is 1. The highest BCUT2D eigenvalue weighted by atomic mass is 32.1. The van der Waals surface area contributed by atoms with E-state index in [0.717, 1.165) is 9.75 Å². The van der Waals surface area contributed by atoms with E-state index in [1.165, 1.54) is 11.3 Å². The summed E-state index contributed by atoms with van der Waals surface area (Å²) in [5, 5.41) is 14.7. The third kappa shape index (κ3) is 7.25. The summed E-state index contributed by atoms with van der Waals surface area (Å²) in [5.41, 5.74) is 0. The zero-order valence-electron chi connectivity index (χ0n) is 11.9. The fourth-order valence-corrected chi connectivity index (χ4v) is 2.56. The molecule has 3 N–H and O–H groups in total. The molecule has 112 valence electrons. The van der Waals surface area contributed by atoms with Crippen LogP contribution in [-0.2, 0) is 22.6 Å². The maximum Gasteiger partial charge on any atom is 0.308 e. The molecule has 1 aromatic rings. The van der Waals surface area contributed by atoms with Crippen LogP contribution in [0.2, 0.25) is 0 Å². The monoisotopic (exact) mass is 298 g/mol. The summed E-state index contributed by atoms with van der Waals surface area (Å²) < 4.78 is 0. The lowest BCUT2D eigenvalue weighted by atomic mass is 10.2. The normalized spacial score (nSPS) is 10.8.